The minimum absolute atomic E-state index is 0.0705. The van der Waals surface area contributed by atoms with Gasteiger partial charge in [-0.05, 0) is 49.0 Å². The largest absolute Gasteiger partial charge is 0.506 e. The van der Waals surface area contributed by atoms with Crippen molar-refractivity contribution in [1.29, 1.82) is 0 Å². The molecule has 0 aliphatic carbocycles. The highest BCUT2D eigenvalue weighted by molar-refractivity contribution is 7.73. The first-order valence-electron chi connectivity index (χ1n) is 10.2. The van der Waals surface area contributed by atoms with Crippen LogP contribution in [-0.2, 0) is 4.79 Å². The van der Waals surface area contributed by atoms with Crippen LogP contribution < -0.4 is 15.4 Å². The number of halogens is 1. The number of aromatic nitrogens is 2. The number of carbonyl (C=O) groups is 2. The van der Waals surface area contributed by atoms with Crippen LogP contribution in [0.2, 0.25) is 5.02 Å². The van der Waals surface area contributed by atoms with E-state index in [2.05, 4.69) is 20.8 Å². The number of phenols is 1. The number of nitrogens with one attached hydrogen (secondary N) is 3. The number of anilines is 2. The number of aromatic amines is 1. The Morgan fingerprint density at radius 2 is 1.85 bits per heavy atom. The smallest absolute Gasteiger partial charge is 0.259 e. The first-order valence-corrected chi connectivity index (χ1v) is 11.8. The highest BCUT2D eigenvalue weighted by atomic mass is 35.5. The molecule has 0 radical (unpaired) electrons. The summed E-state index contributed by atoms with van der Waals surface area (Å²) in [5, 5.41) is 24.8. The number of ether oxygens (including phenoxy) is 1. The fourth-order valence-electron chi connectivity index (χ4n) is 3.23. The Balaban J connectivity index is 1.46. The standard InChI is InChI=1S/C23H19ClN4O4S2/c24-13-7-9-14(10-8-13)25-21(31)17-12-18(15-4-1-2-5-16(15)20(17)30)32-11-3-6-19(29)26-22-27-28-23(33)34-22/h1-2,4-5,7-10,12,30H,3,6,11H2,(H,25,31)(H,28,33)(H,26,27,29). The Morgan fingerprint density at radius 1 is 1.12 bits per heavy atom. The maximum absolute atomic E-state index is 12.9. The lowest BCUT2D eigenvalue weighted by atomic mass is 10.0. The van der Waals surface area contributed by atoms with Gasteiger partial charge < -0.3 is 20.5 Å². The fourth-order valence-corrected chi connectivity index (χ4v) is 4.16. The molecule has 0 spiro atoms. The van der Waals surface area contributed by atoms with Gasteiger partial charge in [-0.1, -0.05) is 47.2 Å². The molecule has 3 aromatic carbocycles. The van der Waals surface area contributed by atoms with E-state index in [9.17, 15) is 14.7 Å². The van der Waals surface area contributed by atoms with Crippen molar-refractivity contribution in [3.63, 3.8) is 0 Å². The monoisotopic (exact) mass is 514 g/mol. The van der Waals surface area contributed by atoms with Crippen LogP contribution in [0.3, 0.4) is 0 Å². The third-order valence-corrected chi connectivity index (χ3v) is 6.07. The van der Waals surface area contributed by atoms with E-state index < -0.39 is 5.91 Å². The van der Waals surface area contributed by atoms with Gasteiger partial charge in [0.25, 0.3) is 5.91 Å². The first-order chi connectivity index (χ1) is 16.4. The van der Waals surface area contributed by atoms with Gasteiger partial charge in [-0.3, -0.25) is 14.7 Å². The summed E-state index contributed by atoms with van der Waals surface area (Å²) in [4.78, 5) is 25.0. The molecule has 0 saturated carbocycles. The van der Waals surface area contributed by atoms with Crippen LogP contribution in [-0.4, -0.2) is 33.7 Å². The Labute approximate surface area is 208 Å². The summed E-state index contributed by atoms with van der Waals surface area (Å²) in [5.74, 6) is -0.411. The van der Waals surface area contributed by atoms with Gasteiger partial charge >= 0.3 is 0 Å². The van der Waals surface area contributed by atoms with Crippen molar-refractivity contribution in [2.45, 2.75) is 12.8 Å². The van der Waals surface area contributed by atoms with Crippen LogP contribution in [0.1, 0.15) is 23.2 Å². The molecule has 4 N–H and O–H groups in total. The molecule has 4 aromatic rings. The molecule has 8 nitrogen and oxygen atoms in total. The lowest BCUT2D eigenvalue weighted by molar-refractivity contribution is -0.116. The van der Waals surface area contributed by atoms with E-state index >= 15 is 0 Å². The van der Waals surface area contributed by atoms with Crippen molar-refractivity contribution >= 4 is 68.6 Å². The third kappa shape index (κ3) is 5.71. The number of nitrogens with zero attached hydrogens (tertiary/aromatic N) is 1. The van der Waals surface area contributed by atoms with Gasteiger partial charge in [0.1, 0.15) is 11.5 Å². The van der Waals surface area contributed by atoms with Crippen molar-refractivity contribution in [1.82, 2.24) is 10.2 Å². The number of hydrogen-bond acceptors (Lipinski definition) is 7. The van der Waals surface area contributed by atoms with Gasteiger partial charge in [0.05, 0.1) is 12.2 Å². The van der Waals surface area contributed by atoms with Crippen LogP contribution in [0.25, 0.3) is 10.8 Å². The van der Waals surface area contributed by atoms with Gasteiger partial charge in [-0.2, -0.15) is 0 Å². The number of H-pyrrole nitrogens is 1. The molecule has 0 bridgehead atoms. The van der Waals surface area contributed by atoms with E-state index in [0.717, 1.165) is 0 Å². The number of benzene rings is 3. The van der Waals surface area contributed by atoms with Crippen LogP contribution in [0.15, 0.2) is 54.6 Å². The Kier molecular flexibility index (Phi) is 7.41. The molecule has 0 saturated heterocycles. The fraction of sp³-hybridized carbons (Fsp3) is 0.130. The lowest BCUT2D eigenvalue weighted by Crippen LogP contribution is -2.14. The molecular formula is C23H19ClN4O4S2. The van der Waals surface area contributed by atoms with Gasteiger partial charge in [0, 0.05) is 27.9 Å². The van der Waals surface area contributed by atoms with Gasteiger partial charge in [-0.15, -0.1) is 5.10 Å². The summed E-state index contributed by atoms with van der Waals surface area (Å²) >= 11 is 12.0. The van der Waals surface area contributed by atoms with Gasteiger partial charge in [-0.25, -0.2) is 0 Å². The van der Waals surface area contributed by atoms with Crippen molar-refractivity contribution in [2.75, 3.05) is 17.2 Å². The van der Waals surface area contributed by atoms with E-state index in [1.807, 2.05) is 6.07 Å². The Morgan fingerprint density at radius 3 is 2.56 bits per heavy atom. The zero-order valence-corrected chi connectivity index (χ0v) is 20.0. The first kappa shape index (κ1) is 23.7. The lowest BCUT2D eigenvalue weighted by Gasteiger charge is -2.14. The van der Waals surface area contributed by atoms with E-state index in [1.54, 1.807) is 42.5 Å². The van der Waals surface area contributed by atoms with Crippen molar-refractivity contribution in [2.24, 2.45) is 0 Å². The van der Waals surface area contributed by atoms with Crippen molar-refractivity contribution < 1.29 is 19.4 Å². The van der Waals surface area contributed by atoms with E-state index in [-0.39, 0.29) is 30.2 Å². The van der Waals surface area contributed by atoms with Crippen LogP contribution >= 0.6 is 35.2 Å². The molecule has 0 aliphatic rings. The summed E-state index contributed by atoms with van der Waals surface area (Å²) < 4.78 is 6.39. The molecule has 0 fully saturated rings. The second-order valence-corrected chi connectivity index (χ2v) is 9.30. The molecule has 2 amide bonds. The predicted molar refractivity (Wildman–Crippen MR) is 136 cm³/mol. The SMILES string of the molecule is O=C(CCCOc1cc(C(=O)Nc2ccc(Cl)cc2)c(O)c2ccccc12)Nc1n[nH]c(=S)s1. The maximum atomic E-state index is 12.9. The molecule has 0 atom stereocenters. The third-order valence-electron chi connectivity index (χ3n) is 4.82. The zero-order chi connectivity index (χ0) is 24.1. The van der Waals surface area contributed by atoms with Crippen LogP contribution in [0.5, 0.6) is 11.5 Å². The van der Waals surface area contributed by atoms with Crippen LogP contribution in [0, 0.1) is 3.95 Å². The molecule has 1 heterocycles. The molecule has 0 aliphatic heterocycles. The van der Waals surface area contributed by atoms with Crippen LogP contribution in [0.4, 0.5) is 10.8 Å². The molecule has 4 rings (SSSR count). The molecule has 0 unspecified atom stereocenters. The molecular weight excluding hydrogens is 496 g/mol. The number of phenolic OH excluding ortho intramolecular Hbond substituents is 1. The summed E-state index contributed by atoms with van der Waals surface area (Å²) in [6.07, 6.45) is 0.648. The average Bonchev–Trinajstić information content (AvgIpc) is 3.23. The zero-order valence-electron chi connectivity index (χ0n) is 17.6. The maximum Gasteiger partial charge on any atom is 0.259 e. The second kappa shape index (κ2) is 10.6. The molecule has 174 valence electrons. The number of carbonyl (C=O) groups excluding carboxylic acids is 2. The number of rotatable bonds is 8. The van der Waals surface area contributed by atoms with E-state index in [0.29, 0.717) is 42.7 Å². The highest BCUT2D eigenvalue weighted by Crippen LogP contribution is 2.36. The molecule has 34 heavy (non-hydrogen) atoms. The van der Waals surface area contributed by atoms with Crippen molar-refractivity contribution in [3.05, 3.63) is 69.1 Å². The minimum atomic E-state index is -0.490. The summed E-state index contributed by atoms with van der Waals surface area (Å²) in [7, 11) is 0. The average molecular weight is 515 g/mol. The number of amides is 2. The van der Waals surface area contributed by atoms with Gasteiger partial charge in [0.15, 0.2) is 3.95 Å². The van der Waals surface area contributed by atoms with E-state index in [4.69, 9.17) is 28.6 Å². The summed E-state index contributed by atoms with van der Waals surface area (Å²) in [6, 6.07) is 15.2. The highest BCUT2D eigenvalue weighted by Gasteiger charge is 2.18. The van der Waals surface area contributed by atoms with Gasteiger partial charge in [0.2, 0.25) is 11.0 Å². The minimum Gasteiger partial charge on any atom is -0.506 e. The Hall–Kier alpha value is -3.47. The second-order valence-electron chi connectivity index (χ2n) is 7.20. The quantitative estimate of drug-likeness (QED) is 0.175. The number of fused-ring (bicyclic) bond motifs is 1. The summed E-state index contributed by atoms with van der Waals surface area (Å²) in [6.45, 7) is 0.233. The molecule has 1 aromatic heterocycles. The normalized spacial score (nSPS) is 10.7. The molecule has 11 heteroatoms. The predicted octanol–water partition coefficient (Wildman–Crippen LogP) is 5.76. The number of aromatic hydroxyl groups is 1. The summed E-state index contributed by atoms with van der Waals surface area (Å²) in [5.41, 5.74) is 0.609. The topological polar surface area (TPSA) is 116 Å². The Bertz CT molecular complexity index is 1400. The van der Waals surface area contributed by atoms with Crippen molar-refractivity contribution in [3.8, 4) is 11.5 Å². The number of hydrogen-bond donors (Lipinski definition) is 4. The van der Waals surface area contributed by atoms with E-state index in [1.165, 1.54) is 17.4 Å².